The normalized spacial score (nSPS) is 14.2. The molecule has 3 nitrogen and oxygen atoms in total. The minimum absolute atomic E-state index is 0.0409. The summed E-state index contributed by atoms with van der Waals surface area (Å²) >= 11 is 18.3. The van der Waals surface area contributed by atoms with Crippen LogP contribution in [0.5, 0.6) is 0 Å². The van der Waals surface area contributed by atoms with Gasteiger partial charge in [-0.1, -0.05) is 77.3 Å². The molecule has 0 radical (unpaired) electrons. The lowest BCUT2D eigenvalue weighted by Gasteiger charge is -2.13. The summed E-state index contributed by atoms with van der Waals surface area (Å²) < 4.78 is 28.5. The molecule has 0 spiro atoms. The summed E-state index contributed by atoms with van der Waals surface area (Å²) in [6, 6.07) is 25.9. The summed E-state index contributed by atoms with van der Waals surface area (Å²) in [6.07, 6.45) is 3.91. The molecule has 1 N–H and O–H groups in total. The van der Waals surface area contributed by atoms with Gasteiger partial charge in [0.15, 0.2) is 0 Å². The van der Waals surface area contributed by atoms with Gasteiger partial charge in [-0.3, -0.25) is 4.72 Å². The Balaban J connectivity index is 1.55. The summed E-state index contributed by atoms with van der Waals surface area (Å²) in [5, 5.41) is 1.19. The lowest BCUT2D eigenvalue weighted by Crippen LogP contribution is -2.13. The molecule has 0 unspecified atom stereocenters. The van der Waals surface area contributed by atoms with Crippen LogP contribution in [-0.2, 0) is 22.9 Å². The number of benzene rings is 4. The number of nitrogens with one attached hydrogen (secondary N) is 1. The lowest BCUT2D eigenvalue weighted by molar-refractivity contribution is 0.601. The quantitative estimate of drug-likeness (QED) is 0.284. The summed E-state index contributed by atoms with van der Waals surface area (Å²) in [7, 11) is -3.84. The summed E-state index contributed by atoms with van der Waals surface area (Å²) in [5.41, 5.74) is 7.14. The molecule has 7 heteroatoms. The monoisotopic (exact) mass is 539 g/mol. The van der Waals surface area contributed by atoms with Crippen LogP contribution in [0.4, 0.5) is 5.69 Å². The van der Waals surface area contributed by atoms with Gasteiger partial charge in [-0.15, -0.1) is 0 Å². The zero-order valence-corrected chi connectivity index (χ0v) is 21.5. The Bertz CT molecular complexity index is 1580. The van der Waals surface area contributed by atoms with E-state index >= 15 is 0 Å². The van der Waals surface area contributed by atoms with Gasteiger partial charge in [-0.05, 0) is 94.8 Å². The molecule has 4 aromatic rings. The van der Waals surface area contributed by atoms with Gasteiger partial charge < -0.3 is 0 Å². The highest BCUT2D eigenvalue weighted by molar-refractivity contribution is 7.92. The van der Waals surface area contributed by atoms with Crippen LogP contribution in [0.15, 0.2) is 89.8 Å². The average Bonchev–Trinajstić information content (AvgIpc) is 2.98. The highest BCUT2D eigenvalue weighted by atomic mass is 35.5. The minimum Gasteiger partial charge on any atom is -0.280 e. The van der Waals surface area contributed by atoms with Crippen molar-refractivity contribution in [2.24, 2.45) is 0 Å². The summed E-state index contributed by atoms with van der Waals surface area (Å²) in [4.78, 5) is 0.0409. The topological polar surface area (TPSA) is 46.2 Å². The Morgan fingerprint density at radius 2 is 1.49 bits per heavy atom. The van der Waals surface area contributed by atoms with Crippen LogP contribution in [0.3, 0.4) is 0 Å². The fraction of sp³-hybridized carbons (Fsp3) is 0.0714. The first-order valence-corrected chi connectivity index (χ1v) is 13.6. The second kappa shape index (κ2) is 9.71. The zero-order chi connectivity index (χ0) is 24.6. The average molecular weight is 541 g/mol. The van der Waals surface area contributed by atoms with Crippen LogP contribution in [-0.4, -0.2) is 8.42 Å². The summed E-state index contributed by atoms with van der Waals surface area (Å²) in [5.74, 6) is 0. The number of sulfonamides is 1. The largest absolute Gasteiger partial charge is 0.280 e. The van der Waals surface area contributed by atoms with E-state index in [0.29, 0.717) is 15.7 Å². The number of rotatable bonds is 4. The van der Waals surface area contributed by atoms with Gasteiger partial charge in [0.2, 0.25) is 0 Å². The Morgan fingerprint density at radius 1 is 0.714 bits per heavy atom. The van der Waals surface area contributed by atoms with Crippen molar-refractivity contribution in [3.05, 3.63) is 128 Å². The molecular weight excluding hydrogens is 521 g/mol. The van der Waals surface area contributed by atoms with Gasteiger partial charge in [0.25, 0.3) is 10.0 Å². The first-order chi connectivity index (χ1) is 16.8. The van der Waals surface area contributed by atoms with E-state index in [0.717, 1.165) is 35.1 Å². The molecule has 1 aliphatic rings. The Kier molecular flexibility index (Phi) is 6.65. The lowest BCUT2D eigenvalue weighted by atomic mass is 9.92. The van der Waals surface area contributed by atoms with E-state index in [1.165, 1.54) is 29.3 Å². The molecule has 1 aliphatic carbocycles. The van der Waals surface area contributed by atoms with Gasteiger partial charge in [-0.2, -0.15) is 0 Å². The van der Waals surface area contributed by atoms with E-state index in [1.54, 1.807) is 6.07 Å². The van der Waals surface area contributed by atoms with E-state index in [1.807, 2.05) is 36.4 Å². The van der Waals surface area contributed by atoms with E-state index in [-0.39, 0.29) is 9.92 Å². The van der Waals surface area contributed by atoms with Crippen molar-refractivity contribution in [1.82, 2.24) is 0 Å². The maximum atomic E-state index is 12.9. The number of aryl methyl sites for hydroxylation is 2. The molecule has 0 fully saturated rings. The third-order valence-corrected chi connectivity index (χ3v) is 8.33. The van der Waals surface area contributed by atoms with E-state index in [4.69, 9.17) is 34.8 Å². The Morgan fingerprint density at radius 3 is 2.31 bits per heavy atom. The molecule has 0 amide bonds. The molecule has 4 aromatic carbocycles. The highest BCUT2D eigenvalue weighted by Crippen LogP contribution is 2.36. The molecule has 176 valence electrons. The van der Waals surface area contributed by atoms with Crippen molar-refractivity contribution < 1.29 is 8.42 Å². The van der Waals surface area contributed by atoms with Crippen LogP contribution in [0.25, 0.3) is 11.6 Å². The van der Waals surface area contributed by atoms with Gasteiger partial charge in [-0.25, -0.2) is 8.42 Å². The molecular formula is C28H20Cl3NO2S. The van der Waals surface area contributed by atoms with Crippen molar-refractivity contribution in [3.63, 3.8) is 0 Å². The molecule has 0 aromatic heterocycles. The van der Waals surface area contributed by atoms with Crippen molar-refractivity contribution in [1.29, 1.82) is 0 Å². The number of hydrogen-bond acceptors (Lipinski definition) is 2. The fourth-order valence-corrected chi connectivity index (χ4v) is 5.95. The second-order valence-electron chi connectivity index (χ2n) is 8.32. The van der Waals surface area contributed by atoms with E-state index in [2.05, 4.69) is 35.1 Å². The predicted molar refractivity (Wildman–Crippen MR) is 146 cm³/mol. The molecule has 0 bridgehead atoms. The van der Waals surface area contributed by atoms with Gasteiger partial charge in [0.1, 0.15) is 0 Å². The third-order valence-electron chi connectivity index (χ3n) is 5.98. The minimum atomic E-state index is -3.84. The molecule has 5 rings (SSSR count). The van der Waals surface area contributed by atoms with Crippen molar-refractivity contribution >= 4 is 62.2 Å². The maximum absolute atomic E-state index is 12.9. The second-order valence-corrected chi connectivity index (χ2v) is 11.3. The van der Waals surface area contributed by atoms with Gasteiger partial charge in [0.05, 0.1) is 14.9 Å². The van der Waals surface area contributed by atoms with E-state index in [9.17, 15) is 8.42 Å². The number of hydrogen-bond donors (Lipinski definition) is 1. The first kappa shape index (κ1) is 24.0. The molecule has 35 heavy (non-hydrogen) atoms. The van der Waals surface area contributed by atoms with Crippen molar-refractivity contribution in [2.75, 3.05) is 4.72 Å². The van der Waals surface area contributed by atoms with Gasteiger partial charge in [0, 0.05) is 10.7 Å². The zero-order valence-electron chi connectivity index (χ0n) is 18.4. The maximum Gasteiger partial charge on any atom is 0.261 e. The molecule has 0 aliphatic heterocycles. The number of fused-ring (bicyclic) bond motifs is 2. The van der Waals surface area contributed by atoms with Crippen LogP contribution < -0.4 is 4.72 Å². The predicted octanol–water partition coefficient (Wildman–Crippen LogP) is 8.14. The fourth-order valence-electron chi connectivity index (χ4n) is 4.32. The smallest absolute Gasteiger partial charge is 0.261 e. The molecule has 0 saturated heterocycles. The Labute approximate surface area is 220 Å². The standard InChI is InChI=1S/C28H20Cl3NO2S/c29-21-10-12-25-20(16-21)9-8-19-5-1-2-7-24(19)26(25)15-18-4-3-6-22(14-18)32-35(33,34)23-11-13-27(30)28(31)17-23/h1-7,10-17,32H,8-9H2/b26-15-. The number of anilines is 1. The molecule has 0 atom stereocenters. The van der Waals surface area contributed by atoms with Crippen LogP contribution in [0.1, 0.15) is 27.8 Å². The summed E-state index contributed by atoms with van der Waals surface area (Å²) in [6.45, 7) is 0. The molecule has 0 saturated carbocycles. The van der Waals surface area contributed by atoms with Crippen molar-refractivity contribution in [2.45, 2.75) is 17.7 Å². The SMILES string of the molecule is O=S(=O)(Nc1cccc(/C=C2/c3ccccc3CCc3cc(Cl)ccc32)c1)c1ccc(Cl)c(Cl)c1. The third kappa shape index (κ3) is 5.12. The van der Waals surface area contributed by atoms with Crippen LogP contribution >= 0.6 is 34.8 Å². The van der Waals surface area contributed by atoms with Crippen molar-refractivity contribution in [3.8, 4) is 0 Å². The number of halogens is 3. The van der Waals surface area contributed by atoms with Gasteiger partial charge >= 0.3 is 0 Å². The Hall–Kier alpha value is -2.76. The van der Waals surface area contributed by atoms with E-state index < -0.39 is 10.0 Å². The first-order valence-electron chi connectivity index (χ1n) is 11.0. The molecule has 0 heterocycles. The highest BCUT2D eigenvalue weighted by Gasteiger charge is 2.19. The van der Waals surface area contributed by atoms with Crippen LogP contribution in [0, 0.1) is 0 Å². The van der Waals surface area contributed by atoms with Crippen LogP contribution in [0.2, 0.25) is 15.1 Å².